The van der Waals surface area contributed by atoms with E-state index in [1.165, 1.54) is 0 Å². The fourth-order valence-corrected chi connectivity index (χ4v) is 1.88. The summed E-state index contributed by atoms with van der Waals surface area (Å²) in [5.74, 6) is -7.29. The molecule has 0 aliphatic carbocycles. The molecule has 21 heavy (non-hydrogen) atoms. The number of hydrogen-bond acceptors (Lipinski definition) is 1. The molecule has 0 unspecified atom stereocenters. The van der Waals surface area contributed by atoms with Gasteiger partial charge in [-0.25, -0.2) is 8.78 Å². The van der Waals surface area contributed by atoms with E-state index in [1.807, 2.05) is 0 Å². The molecule has 0 atom stereocenters. The number of pyridine rings is 1. The minimum atomic E-state index is -4.64. The minimum Gasteiger partial charge on any atom is -0.201 e. The van der Waals surface area contributed by atoms with Crippen LogP contribution in [0.3, 0.4) is 0 Å². The molecule has 0 N–H and O–H groups in total. The zero-order chi connectivity index (χ0) is 15.9. The highest BCUT2D eigenvalue weighted by molar-refractivity contribution is 5.66. The van der Waals surface area contributed by atoms with Gasteiger partial charge in [0.15, 0.2) is 11.6 Å². The van der Waals surface area contributed by atoms with Crippen LogP contribution < -0.4 is 0 Å². The summed E-state index contributed by atoms with van der Waals surface area (Å²) in [5.41, 5.74) is -2.87. The van der Waals surface area contributed by atoms with Crippen molar-refractivity contribution < 1.29 is 30.7 Å². The Bertz CT molecular complexity index is 680. The maximum absolute atomic E-state index is 13.5. The van der Waals surface area contributed by atoms with Crippen LogP contribution in [0.5, 0.6) is 0 Å². The SMILES string of the molecule is Cc1cc(-c2c(F)c(F)nc(F)c2F)ccc1C(F)(F)F. The van der Waals surface area contributed by atoms with E-state index in [2.05, 4.69) is 4.98 Å². The lowest BCUT2D eigenvalue weighted by Gasteiger charge is -2.12. The molecule has 0 aliphatic heterocycles. The molecule has 0 fully saturated rings. The normalized spacial score (nSPS) is 11.8. The number of nitrogens with zero attached hydrogens (tertiary/aromatic N) is 1. The molecule has 112 valence electrons. The van der Waals surface area contributed by atoms with E-state index in [4.69, 9.17) is 0 Å². The molecule has 2 aromatic rings. The van der Waals surface area contributed by atoms with Crippen molar-refractivity contribution in [1.82, 2.24) is 4.98 Å². The molecule has 1 nitrogen and oxygen atoms in total. The molecular weight excluding hydrogens is 303 g/mol. The topological polar surface area (TPSA) is 12.9 Å². The van der Waals surface area contributed by atoms with Crippen LogP contribution in [0, 0.1) is 30.5 Å². The van der Waals surface area contributed by atoms with Crippen LogP contribution in [0.2, 0.25) is 0 Å². The van der Waals surface area contributed by atoms with Crippen LogP contribution in [-0.2, 0) is 6.18 Å². The number of halogens is 7. The summed E-state index contributed by atoms with van der Waals surface area (Å²) >= 11 is 0. The van der Waals surface area contributed by atoms with Gasteiger partial charge in [-0.2, -0.15) is 26.9 Å². The summed E-state index contributed by atoms with van der Waals surface area (Å²) in [6, 6.07) is 2.11. The van der Waals surface area contributed by atoms with Crippen molar-refractivity contribution in [3.63, 3.8) is 0 Å². The highest BCUT2D eigenvalue weighted by Gasteiger charge is 2.32. The van der Waals surface area contributed by atoms with E-state index in [0.717, 1.165) is 19.1 Å². The molecule has 1 aromatic heterocycles. The summed E-state index contributed by atoms with van der Waals surface area (Å²) in [4.78, 5) is 2.37. The Kier molecular flexibility index (Phi) is 3.65. The average Bonchev–Trinajstić information content (AvgIpc) is 2.35. The molecule has 2 rings (SSSR count). The van der Waals surface area contributed by atoms with Crippen molar-refractivity contribution in [2.45, 2.75) is 13.1 Å². The second kappa shape index (κ2) is 5.01. The van der Waals surface area contributed by atoms with Crippen LogP contribution in [0.1, 0.15) is 11.1 Å². The lowest BCUT2D eigenvalue weighted by molar-refractivity contribution is -0.138. The monoisotopic (exact) mass is 309 g/mol. The van der Waals surface area contributed by atoms with Crippen molar-refractivity contribution in [2.24, 2.45) is 0 Å². The lowest BCUT2D eigenvalue weighted by Crippen LogP contribution is -2.08. The molecule has 1 aromatic carbocycles. The molecule has 1 heterocycles. The van der Waals surface area contributed by atoms with Crippen LogP contribution >= 0.6 is 0 Å². The molecule has 0 amide bonds. The Morgan fingerprint density at radius 3 is 1.86 bits per heavy atom. The van der Waals surface area contributed by atoms with E-state index in [9.17, 15) is 30.7 Å². The molecule has 0 saturated heterocycles. The summed E-state index contributed by atoms with van der Waals surface area (Å²) in [6.07, 6.45) is -4.64. The Morgan fingerprint density at radius 2 is 1.43 bits per heavy atom. The van der Waals surface area contributed by atoms with Crippen LogP contribution in [0.25, 0.3) is 11.1 Å². The second-order valence-electron chi connectivity index (χ2n) is 4.22. The zero-order valence-electron chi connectivity index (χ0n) is 10.3. The Hall–Kier alpha value is -2.12. The van der Waals surface area contributed by atoms with Gasteiger partial charge in [-0.15, -0.1) is 0 Å². The molecule has 8 heteroatoms. The first-order valence-corrected chi connectivity index (χ1v) is 5.51. The van der Waals surface area contributed by atoms with E-state index in [0.29, 0.717) is 6.07 Å². The van der Waals surface area contributed by atoms with E-state index >= 15 is 0 Å². The zero-order valence-corrected chi connectivity index (χ0v) is 10.3. The Labute approximate surface area is 114 Å². The third kappa shape index (κ3) is 2.70. The molecule has 0 radical (unpaired) electrons. The van der Waals surface area contributed by atoms with Crippen LogP contribution in [0.15, 0.2) is 18.2 Å². The van der Waals surface area contributed by atoms with Gasteiger partial charge in [0.2, 0.25) is 0 Å². The van der Waals surface area contributed by atoms with Gasteiger partial charge in [-0.1, -0.05) is 12.1 Å². The third-order valence-electron chi connectivity index (χ3n) is 2.82. The van der Waals surface area contributed by atoms with Crippen molar-refractivity contribution in [1.29, 1.82) is 0 Å². The molecule has 0 bridgehead atoms. The van der Waals surface area contributed by atoms with Crippen molar-refractivity contribution in [3.8, 4) is 11.1 Å². The predicted octanol–water partition coefficient (Wildman–Crippen LogP) is 4.63. The Balaban J connectivity index is 2.67. The number of aromatic nitrogens is 1. The average molecular weight is 309 g/mol. The molecule has 0 aliphatic rings. The summed E-state index contributed by atoms with van der Waals surface area (Å²) in [5, 5.41) is 0. The highest BCUT2D eigenvalue weighted by atomic mass is 19.4. The van der Waals surface area contributed by atoms with Crippen molar-refractivity contribution in [2.75, 3.05) is 0 Å². The maximum Gasteiger partial charge on any atom is 0.416 e. The molecular formula is C13H6F7N. The number of alkyl halides is 3. The second-order valence-corrected chi connectivity index (χ2v) is 4.22. The van der Waals surface area contributed by atoms with Gasteiger partial charge in [0, 0.05) is 0 Å². The first-order valence-electron chi connectivity index (χ1n) is 5.51. The number of rotatable bonds is 1. The maximum atomic E-state index is 13.5. The molecule has 0 spiro atoms. The first kappa shape index (κ1) is 15.3. The fraction of sp³-hybridized carbons (Fsp3) is 0.154. The third-order valence-corrected chi connectivity index (χ3v) is 2.82. The van der Waals surface area contributed by atoms with Gasteiger partial charge in [0.05, 0.1) is 11.1 Å². The predicted molar refractivity (Wildman–Crippen MR) is 59.2 cm³/mol. The number of aryl methyl sites for hydroxylation is 1. The van der Waals surface area contributed by atoms with Gasteiger partial charge in [-0.3, -0.25) is 0 Å². The minimum absolute atomic E-state index is 0.337. The van der Waals surface area contributed by atoms with Gasteiger partial charge in [0.25, 0.3) is 11.9 Å². The summed E-state index contributed by atoms with van der Waals surface area (Å²) in [7, 11) is 0. The van der Waals surface area contributed by atoms with Gasteiger partial charge in [0.1, 0.15) is 0 Å². The lowest BCUT2D eigenvalue weighted by atomic mass is 9.99. The fourth-order valence-electron chi connectivity index (χ4n) is 1.88. The highest BCUT2D eigenvalue weighted by Crippen LogP contribution is 2.35. The number of benzene rings is 1. The number of hydrogen-bond donors (Lipinski definition) is 0. The smallest absolute Gasteiger partial charge is 0.201 e. The quantitative estimate of drug-likeness (QED) is 0.553. The van der Waals surface area contributed by atoms with Crippen LogP contribution in [-0.4, -0.2) is 4.98 Å². The summed E-state index contributed by atoms with van der Waals surface area (Å²) < 4.78 is 90.8. The Morgan fingerprint density at radius 1 is 0.905 bits per heavy atom. The van der Waals surface area contributed by atoms with Crippen molar-refractivity contribution >= 4 is 0 Å². The van der Waals surface area contributed by atoms with E-state index in [-0.39, 0.29) is 5.56 Å². The summed E-state index contributed by atoms with van der Waals surface area (Å²) in [6.45, 7) is 1.07. The molecule has 0 saturated carbocycles. The van der Waals surface area contributed by atoms with Crippen molar-refractivity contribution in [3.05, 3.63) is 52.9 Å². The van der Waals surface area contributed by atoms with Crippen LogP contribution in [0.4, 0.5) is 30.7 Å². The largest absolute Gasteiger partial charge is 0.416 e. The van der Waals surface area contributed by atoms with Gasteiger partial charge < -0.3 is 0 Å². The van der Waals surface area contributed by atoms with Gasteiger partial charge >= 0.3 is 6.18 Å². The van der Waals surface area contributed by atoms with E-state index in [1.54, 1.807) is 0 Å². The standard InChI is InChI=1S/C13H6F7N/c1-5-4-6(2-3-7(5)13(18,19)20)8-9(14)11(16)21-12(17)10(8)15/h2-4H,1H3. The van der Waals surface area contributed by atoms with Gasteiger partial charge in [-0.05, 0) is 24.1 Å². The van der Waals surface area contributed by atoms with E-state index < -0.39 is 46.4 Å². The first-order chi connectivity index (χ1) is 9.62.